The van der Waals surface area contributed by atoms with Crippen LogP contribution >= 0.6 is 35.0 Å². The molecule has 3 N–H and O–H groups in total. The lowest BCUT2D eigenvalue weighted by atomic mass is 10.2. The predicted molar refractivity (Wildman–Crippen MR) is 107 cm³/mol. The molecule has 8 nitrogen and oxygen atoms in total. The van der Waals surface area contributed by atoms with Crippen LogP contribution in [0.3, 0.4) is 0 Å². The molecule has 0 aliphatic rings. The zero-order valence-corrected chi connectivity index (χ0v) is 16.6. The summed E-state index contributed by atoms with van der Waals surface area (Å²) < 4.78 is 1.51. The Bertz CT molecular complexity index is 1110. The number of rotatable bonds is 7. The Morgan fingerprint density at radius 3 is 2.75 bits per heavy atom. The number of pyridine rings is 1. The summed E-state index contributed by atoms with van der Waals surface area (Å²) >= 11 is 13.3. The van der Waals surface area contributed by atoms with E-state index in [0.29, 0.717) is 27.2 Å². The van der Waals surface area contributed by atoms with E-state index >= 15 is 0 Å². The number of amides is 1. The van der Waals surface area contributed by atoms with Crippen LogP contribution in [0.25, 0.3) is 5.65 Å². The Morgan fingerprint density at radius 1 is 1.25 bits per heavy atom. The van der Waals surface area contributed by atoms with Crippen molar-refractivity contribution in [3.8, 4) is 0 Å². The van der Waals surface area contributed by atoms with Crippen LogP contribution in [-0.4, -0.2) is 43.9 Å². The number of nitrogens with one attached hydrogen (secondary N) is 2. The quantitative estimate of drug-likeness (QED) is 0.485. The number of hydrogen-bond acceptors (Lipinski definition) is 5. The van der Waals surface area contributed by atoms with Crippen LogP contribution < -0.4 is 10.7 Å². The number of thioether (sulfide) groups is 1. The van der Waals surface area contributed by atoms with E-state index in [1.54, 1.807) is 12.1 Å². The number of halogens is 2. The number of benzene rings is 1. The summed E-state index contributed by atoms with van der Waals surface area (Å²) in [5, 5.41) is 15.3. The number of nitrogens with zero attached hydrogens (tertiary/aromatic N) is 2. The van der Waals surface area contributed by atoms with Crippen LogP contribution in [0.2, 0.25) is 10.0 Å². The maximum atomic E-state index is 12.4. The molecule has 3 aromatic rings. The number of carboxylic acid groups (broad SMARTS) is 1. The number of carbonyl (C=O) groups is 2. The first-order valence-electron chi connectivity index (χ1n) is 8.02. The Hall–Kier alpha value is -2.49. The lowest BCUT2D eigenvalue weighted by molar-refractivity contribution is -0.135. The second kappa shape index (κ2) is 8.68. The van der Waals surface area contributed by atoms with Gasteiger partial charge in [0, 0.05) is 11.8 Å². The number of carbonyl (C=O) groups excluding carboxylic acids is 1. The summed E-state index contributed by atoms with van der Waals surface area (Å²) in [5.74, 6) is -1.35. The second-order valence-corrected chi connectivity index (χ2v) is 7.62. The van der Waals surface area contributed by atoms with E-state index in [-0.39, 0.29) is 11.2 Å². The zero-order valence-electron chi connectivity index (χ0n) is 14.2. The Balaban J connectivity index is 1.79. The Kier molecular flexibility index (Phi) is 6.28. The van der Waals surface area contributed by atoms with E-state index in [1.165, 1.54) is 28.7 Å². The van der Waals surface area contributed by atoms with Crippen molar-refractivity contribution >= 4 is 52.5 Å². The molecule has 3 rings (SSSR count). The molecule has 146 valence electrons. The highest BCUT2D eigenvalue weighted by Crippen LogP contribution is 2.24. The summed E-state index contributed by atoms with van der Waals surface area (Å²) in [4.78, 5) is 39.3. The number of hydrogen-bond donors (Lipinski definition) is 3. The van der Waals surface area contributed by atoms with Crippen LogP contribution in [0.15, 0.2) is 40.4 Å². The van der Waals surface area contributed by atoms with E-state index in [9.17, 15) is 14.4 Å². The van der Waals surface area contributed by atoms with Crippen molar-refractivity contribution in [3.05, 3.63) is 62.0 Å². The van der Waals surface area contributed by atoms with Gasteiger partial charge < -0.3 is 10.4 Å². The molecule has 1 amide bonds. The number of aryl methyl sites for hydroxylation is 1. The SMILES string of the molecule is O=C(O)CNC(=O)c1c(=O)cc(SCCc2ccc(Cl)c(Cl)c2)n2[nH]cnc12. The number of fused-ring (bicyclic) bond motifs is 1. The zero-order chi connectivity index (χ0) is 20.3. The number of H-pyrrole nitrogens is 1. The molecule has 0 saturated heterocycles. The summed E-state index contributed by atoms with van der Waals surface area (Å²) in [6, 6.07) is 6.72. The minimum Gasteiger partial charge on any atom is -0.480 e. The van der Waals surface area contributed by atoms with Gasteiger partial charge in [0.25, 0.3) is 5.91 Å². The van der Waals surface area contributed by atoms with Gasteiger partial charge in [-0.25, -0.2) is 9.50 Å². The van der Waals surface area contributed by atoms with Gasteiger partial charge in [0.1, 0.15) is 23.5 Å². The molecule has 0 aliphatic heterocycles. The van der Waals surface area contributed by atoms with Gasteiger partial charge in [-0.15, -0.1) is 11.8 Å². The molecule has 0 saturated carbocycles. The fourth-order valence-corrected chi connectivity index (χ4v) is 3.83. The largest absolute Gasteiger partial charge is 0.480 e. The topological polar surface area (TPSA) is 117 Å². The van der Waals surface area contributed by atoms with E-state index in [4.69, 9.17) is 28.3 Å². The van der Waals surface area contributed by atoms with Crippen LogP contribution in [-0.2, 0) is 11.2 Å². The molecule has 0 aliphatic carbocycles. The lowest BCUT2D eigenvalue weighted by Gasteiger charge is -2.08. The van der Waals surface area contributed by atoms with E-state index in [0.717, 1.165) is 5.56 Å². The highest BCUT2D eigenvalue weighted by molar-refractivity contribution is 7.99. The van der Waals surface area contributed by atoms with Gasteiger partial charge in [0.15, 0.2) is 11.1 Å². The smallest absolute Gasteiger partial charge is 0.322 e. The van der Waals surface area contributed by atoms with Crippen LogP contribution in [0, 0.1) is 0 Å². The molecule has 0 atom stereocenters. The monoisotopic (exact) mass is 440 g/mol. The standard InChI is InChI=1S/C17H14Cl2N4O4S/c18-10-2-1-9(5-11(10)19)3-4-28-13-6-12(24)15(16-21-8-22-23(13)16)17(27)20-7-14(25)26/h1-2,5-6,8H,3-4,7H2,(H,20,27)(H,21,22)(H,25,26). The summed E-state index contributed by atoms with van der Waals surface area (Å²) in [5.41, 5.74) is 0.385. The van der Waals surface area contributed by atoms with E-state index in [2.05, 4.69) is 15.4 Å². The van der Waals surface area contributed by atoms with Crippen molar-refractivity contribution in [2.45, 2.75) is 11.4 Å². The van der Waals surface area contributed by atoms with Gasteiger partial charge in [-0.1, -0.05) is 29.3 Å². The Morgan fingerprint density at radius 2 is 2.04 bits per heavy atom. The van der Waals surface area contributed by atoms with Crippen molar-refractivity contribution in [2.24, 2.45) is 0 Å². The molecule has 0 unspecified atom stereocenters. The summed E-state index contributed by atoms with van der Waals surface area (Å²) in [6.45, 7) is -0.588. The van der Waals surface area contributed by atoms with Gasteiger partial charge in [-0.05, 0) is 24.1 Å². The number of carboxylic acids is 1. The van der Waals surface area contributed by atoms with Crippen molar-refractivity contribution in [3.63, 3.8) is 0 Å². The maximum absolute atomic E-state index is 12.4. The first kappa shape index (κ1) is 20.2. The van der Waals surface area contributed by atoms with Gasteiger partial charge in [-0.3, -0.25) is 19.5 Å². The highest BCUT2D eigenvalue weighted by Gasteiger charge is 2.19. The average molecular weight is 441 g/mol. The third-order valence-electron chi connectivity index (χ3n) is 3.78. The maximum Gasteiger partial charge on any atom is 0.322 e. The molecule has 2 heterocycles. The number of aromatic amines is 1. The van der Waals surface area contributed by atoms with Gasteiger partial charge in [0.2, 0.25) is 0 Å². The lowest BCUT2D eigenvalue weighted by Crippen LogP contribution is -2.33. The number of aromatic nitrogens is 3. The minimum absolute atomic E-state index is 0.132. The fraction of sp³-hybridized carbons (Fsp3) is 0.176. The van der Waals surface area contributed by atoms with Crippen LogP contribution in [0.5, 0.6) is 0 Å². The van der Waals surface area contributed by atoms with Gasteiger partial charge in [-0.2, -0.15) is 0 Å². The van der Waals surface area contributed by atoms with E-state index < -0.39 is 23.9 Å². The molecular formula is C17H14Cl2N4O4S. The first-order chi connectivity index (χ1) is 13.4. The van der Waals surface area contributed by atoms with Gasteiger partial charge >= 0.3 is 5.97 Å². The fourth-order valence-electron chi connectivity index (χ4n) is 2.50. The van der Waals surface area contributed by atoms with Crippen molar-refractivity contribution in [1.29, 1.82) is 0 Å². The molecule has 0 radical (unpaired) electrons. The van der Waals surface area contributed by atoms with Crippen LogP contribution in [0.4, 0.5) is 0 Å². The predicted octanol–water partition coefficient (Wildman–Crippen LogP) is 2.48. The van der Waals surface area contributed by atoms with Crippen molar-refractivity contribution in [2.75, 3.05) is 12.3 Å². The molecular weight excluding hydrogens is 427 g/mol. The van der Waals surface area contributed by atoms with E-state index in [1.807, 2.05) is 6.07 Å². The second-order valence-electron chi connectivity index (χ2n) is 5.69. The minimum atomic E-state index is -1.21. The van der Waals surface area contributed by atoms with Gasteiger partial charge in [0.05, 0.1) is 10.0 Å². The highest BCUT2D eigenvalue weighted by atomic mass is 35.5. The molecule has 0 spiro atoms. The first-order valence-corrected chi connectivity index (χ1v) is 9.77. The third kappa shape index (κ3) is 4.49. The molecule has 0 fully saturated rings. The normalized spacial score (nSPS) is 10.9. The summed E-state index contributed by atoms with van der Waals surface area (Å²) in [6.07, 6.45) is 2.04. The average Bonchev–Trinajstić information content (AvgIpc) is 3.12. The summed E-state index contributed by atoms with van der Waals surface area (Å²) in [7, 11) is 0. The molecule has 0 bridgehead atoms. The van der Waals surface area contributed by atoms with Crippen LogP contribution in [0.1, 0.15) is 15.9 Å². The molecule has 28 heavy (non-hydrogen) atoms. The van der Waals surface area contributed by atoms with Crippen molar-refractivity contribution in [1.82, 2.24) is 19.9 Å². The van der Waals surface area contributed by atoms with Crippen molar-refractivity contribution < 1.29 is 14.7 Å². The number of aliphatic carboxylic acids is 1. The molecule has 1 aromatic carbocycles. The Labute approximate surface area is 172 Å². The molecule has 11 heteroatoms. The third-order valence-corrected chi connectivity index (χ3v) is 5.53. The molecule has 2 aromatic heterocycles.